The number of oxazole rings is 1. The Morgan fingerprint density at radius 2 is 1.93 bits per heavy atom. The first-order valence-corrected chi connectivity index (χ1v) is 11.0. The number of nitrogens with one attached hydrogen (secondary N) is 2. The van der Waals surface area contributed by atoms with Crippen LogP contribution in [0.1, 0.15) is 45.2 Å². The van der Waals surface area contributed by atoms with Crippen LogP contribution in [0.2, 0.25) is 0 Å². The number of benzene rings is 1. The summed E-state index contributed by atoms with van der Waals surface area (Å²) in [5, 5.41) is 6.74. The molecule has 6 nitrogen and oxygen atoms in total. The molecule has 1 saturated heterocycles. The van der Waals surface area contributed by atoms with E-state index in [1.165, 1.54) is 38.9 Å². The molecule has 2 heterocycles. The number of likely N-dealkylation sites (tertiary alicyclic amines) is 1. The molecule has 0 spiro atoms. The lowest BCUT2D eigenvalue weighted by molar-refractivity contribution is 0.189. The van der Waals surface area contributed by atoms with Gasteiger partial charge in [-0.3, -0.25) is 0 Å². The lowest BCUT2D eigenvalue weighted by Crippen LogP contribution is -2.38. The van der Waals surface area contributed by atoms with Crippen molar-refractivity contribution in [1.29, 1.82) is 0 Å². The van der Waals surface area contributed by atoms with Crippen LogP contribution in [-0.2, 0) is 6.54 Å². The van der Waals surface area contributed by atoms with Gasteiger partial charge in [0.2, 0.25) is 5.89 Å². The number of hydrogen-bond donors (Lipinski definition) is 2. The van der Waals surface area contributed by atoms with Crippen LogP contribution in [0.5, 0.6) is 0 Å². The lowest BCUT2D eigenvalue weighted by Gasteiger charge is -2.30. The van der Waals surface area contributed by atoms with E-state index in [0.717, 1.165) is 42.6 Å². The van der Waals surface area contributed by atoms with Gasteiger partial charge < -0.3 is 20.0 Å². The molecule has 1 aromatic heterocycles. The molecule has 0 bridgehead atoms. The highest BCUT2D eigenvalue weighted by Crippen LogP contribution is 2.18. The number of aliphatic imine (C=N–C) groups is 1. The van der Waals surface area contributed by atoms with Gasteiger partial charge in [0.1, 0.15) is 12.0 Å². The molecule has 1 aromatic carbocycles. The van der Waals surface area contributed by atoms with Crippen molar-refractivity contribution in [2.75, 3.05) is 32.7 Å². The molecule has 0 saturated carbocycles. The van der Waals surface area contributed by atoms with E-state index in [1.807, 2.05) is 30.3 Å². The van der Waals surface area contributed by atoms with E-state index in [1.54, 1.807) is 6.26 Å². The van der Waals surface area contributed by atoms with Crippen LogP contribution in [0.25, 0.3) is 11.5 Å². The summed E-state index contributed by atoms with van der Waals surface area (Å²) in [5.41, 5.74) is 1.82. The predicted molar refractivity (Wildman–Crippen MR) is 134 cm³/mol. The van der Waals surface area contributed by atoms with Gasteiger partial charge >= 0.3 is 0 Å². The zero-order valence-electron chi connectivity index (χ0n) is 18.3. The summed E-state index contributed by atoms with van der Waals surface area (Å²) in [6.45, 7) is 10.5. The Kier molecular flexibility index (Phi) is 11.2. The zero-order valence-corrected chi connectivity index (χ0v) is 20.6. The van der Waals surface area contributed by atoms with E-state index in [9.17, 15) is 0 Å². The molecule has 1 aliphatic rings. The maximum absolute atomic E-state index is 5.59. The van der Waals surface area contributed by atoms with Crippen molar-refractivity contribution in [3.05, 3.63) is 42.3 Å². The third-order valence-corrected chi connectivity index (χ3v) is 5.39. The zero-order chi connectivity index (χ0) is 20.3. The summed E-state index contributed by atoms with van der Waals surface area (Å²) < 4.78 is 5.59. The van der Waals surface area contributed by atoms with Crippen molar-refractivity contribution in [3.63, 3.8) is 0 Å². The number of rotatable bonds is 9. The molecule has 0 radical (unpaired) electrons. The number of hydrogen-bond acceptors (Lipinski definition) is 4. The molecule has 7 heteroatoms. The number of guanidine groups is 1. The fourth-order valence-corrected chi connectivity index (χ4v) is 3.55. The molecule has 0 aliphatic carbocycles. The highest BCUT2D eigenvalue weighted by atomic mass is 127. The minimum absolute atomic E-state index is 0. The van der Waals surface area contributed by atoms with Gasteiger partial charge in [-0.15, -0.1) is 24.0 Å². The molecule has 2 N–H and O–H groups in total. The maximum Gasteiger partial charge on any atom is 0.226 e. The Morgan fingerprint density at radius 3 is 2.67 bits per heavy atom. The minimum Gasteiger partial charge on any atom is -0.444 e. The SMILES string of the molecule is CCNC(=NCc1coc(-c2ccccc2)n1)NCCCCN1CCC(C)CC1.I. The average molecular weight is 525 g/mol. The quantitative estimate of drug-likeness (QED) is 0.218. The van der Waals surface area contributed by atoms with Crippen LogP contribution in [0, 0.1) is 5.92 Å². The van der Waals surface area contributed by atoms with Crippen LogP contribution in [0.4, 0.5) is 0 Å². The smallest absolute Gasteiger partial charge is 0.226 e. The van der Waals surface area contributed by atoms with Crippen LogP contribution in [-0.4, -0.2) is 48.6 Å². The van der Waals surface area contributed by atoms with Gasteiger partial charge in [-0.2, -0.15) is 0 Å². The number of unbranched alkanes of at least 4 members (excludes halogenated alkanes) is 1. The lowest BCUT2D eigenvalue weighted by atomic mass is 9.99. The first-order valence-electron chi connectivity index (χ1n) is 11.0. The van der Waals surface area contributed by atoms with Crippen molar-refractivity contribution < 1.29 is 4.42 Å². The molecular weight excluding hydrogens is 489 g/mol. The van der Waals surface area contributed by atoms with E-state index in [0.29, 0.717) is 12.4 Å². The summed E-state index contributed by atoms with van der Waals surface area (Å²) in [4.78, 5) is 11.8. The number of piperidine rings is 1. The van der Waals surface area contributed by atoms with Gasteiger partial charge in [0, 0.05) is 18.7 Å². The van der Waals surface area contributed by atoms with Gasteiger partial charge in [0.05, 0.1) is 6.54 Å². The third-order valence-electron chi connectivity index (χ3n) is 5.39. The van der Waals surface area contributed by atoms with Crippen LogP contribution < -0.4 is 10.6 Å². The number of nitrogens with zero attached hydrogens (tertiary/aromatic N) is 3. The molecule has 3 rings (SSSR count). The van der Waals surface area contributed by atoms with Crippen molar-refractivity contribution in [2.45, 2.75) is 46.1 Å². The van der Waals surface area contributed by atoms with Crippen molar-refractivity contribution in [3.8, 4) is 11.5 Å². The minimum atomic E-state index is 0. The van der Waals surface area contributed by atoms with Gasteiger partial charge in [-0.1, -0.05) is 25.1 Å². The molecule has 30 heavy (non-hydrogen) atoms. The molecular formula is C23H36IN5O. The van der Waals surface area contributed by atoms with Crippen molar-refractivity contribution >= 4 is 29.9 Å². The normalized spacial score (nSPS) is 15.6. The molecule has 0 unspecified atom stereocenters. The van der Waals surface area contributed by atoms with E-state index < -0.39 is 0 Å². The number of aromatic nitrogens is 1. The summed E-state index contributed by atoms with van der Waals surface area (Å²) >= 11 is 0. The van der Waals surface area contributed by atoms with E-state index >= 15 is 0 Å². The van der Waals surface area contributed by atoms with E-state index in [2.05, 4.69) is 39.4 Å². The second-order valence-corrected chi connectivity index (χ2v) is 7.86. The van der Waals surface area contributed by atoms with Crippen LogP contribution in [0.15, 0.2) is 46.0 Å². The van der Waals surface area contributed by atoms with Gasteiger partial charge in [0.25, 0.3) is 0 Å². The first kappa shape index (κ1) is 24.7. The average Bonchev–Trinajstić information content (AvgIpc) is 3.23. The second kappa shape index (κ2) is 13.6. The Morgan fingerprint density at radius 1 is 1.17 bits per heavy atom. The van der Waals surface area contributed by atoms with Gasteiger partial charge in [-0.05, 0) is 70.3 Å². The van der Waals surface area contributed by atoms with Gasteiger partial charge in [-0.25, -0.2) is 9.98 Å². The topological polar surface area (TPSA) is 65.7 Å². The third kappa shape index (κ3) is 8.26. The van der Waals surface area contributed by atoms with E-state index in [-0.39, 0.29) is 24.0 Å². The standard InChI is InChI=1S/C23H35N5O.HI/c1-3-24-23(25-13-7-8-14-28-15-11-19(2)12-16-28)26-17-21-18-29-22(27-21)20-9-5-4-6-10-20;/h4-6,9-10,18-19H,3,7-8,11-17H2,1-2H3,(H2,24,25,26);1H. The largest absolute Gasteiger partial charge is 0.444 e. The van der Waals surface area contributed by atoms with Crippen LogP contribution >= 0.6 is 24.0 Å². The van der Waals surface area contributed by atoms with Crippen LogP contribution in [0.3, 0.4) is 0 Å². The van der Waals surface area contributed by atoms with Crippen molar-refractivity contribution in [2.24, 2.45) is 10.9 Å². The summed E-state index contributed by atoms with van der Waals surface area (Å²) in [7, 11) is 0. The molecule has 0 atom stereocenters. The number of halogens is 1. The monoisotopic (exact) mass is 525 g/mol. The highest BCUT2D eigenvalue weighted by molar-refractivity contribution is 14.0. The Bertz CT molecular complexity index is 741. The van der Waals surface area contributed by atoms with Crippen molar-refractivity contribution in [1.82, 2.24) is 20.5 Å². The maximum atomic E-state index is 5.59. The summed E-state index contributed by atoms with van der Waals surface area (Å²) in [6, 6.07) is 9.94. The summed E-state index contributed by atoms with van der Waals surface area (Å²) in [5.74, 6) is 2.38. The molecule has 1 fully saturated rings. The fourth-order valence-electron chi connectivity index (χ4n) is 3.55. The molecule has 1 aliphatic heterocycles. The highest BCUT2D eigenvalue weighted by Gasteiger charge is 2.14. The predicted octanol–water partition coefficient (Wildman–Crippen LogP) is 4.53. The Hall–Kier alpha value is -1.61. The Labute approximate surface area is 198 Å². The summed E-state index contributed by atoms with van der Waals surface area (Å²) in [6.07, 6.45) is 6.77. The molecule has 0 amide bonds. The fraction of sp³-hybridized carbons (Fsp3) is 0.565. The van der Waals surface area contributed by atoms with Gasteiger partial charge in [0.15, 0.2) is 5.96 Å². The molecule has 2 aromatic rings. The first-order chi connectivity index (χ1) is 14.2. The second-order valence-electron chi connectivity index (χ2n) is 7.86. The van der Waals surface area contributed by atoms with E-state index in [4.69, 9.17) is 4.42 Å². The molecule has 166 valence electrons. The Balaban J connectivity index is 0.00000320.